The minimum absolute atomic E-state index is 0.0480. The highest BCUT2D eigenvalue weighted by Crippen LogP contribution is 2.32. The van der Waals surface area contributed by atoms with Gasteiger partial charge in [-0.1, -0.05) is 54.6 Å². The monoisotopic (exact) mass is 458 g/mol. The standard InChI is InChI=1S/C26H26N4O2S/c1-17-8-5-6-11-19(17)14-27-24(31)20-12-7-13-30(15-20)26-28-22-21(18-9-3-2-4-10-18)16-33-23(22)25(32)29-26/h2-6,8-11,16,20H,7,12-15H2,1H3,(H,27,31)(H,28,29,32). The number of rotatable bonds is 5. The molecule has 2 aromatic heterocycles. The second-order valence-corrected chi connectivity index (χ2v) is 9.39. The SMILES string of the molecule is Cc1ccccc1CNC(=O)C1CCCN(c2nc3c(-c4ccccc4)csc3c(=O)[nH]2)C1. The summed E-state index contributed by atoms with van der Waals surface area (Å²) in [6, 6.07) is 18.1. The summed E-state index contributed by atoms with van der Waals surface area (Å²) in [4.78, 5) is 35.5. The van der Waals surface area contributed by atoms with Crippen LogP contribution in [-0.4, -0.2) is 29.0 Å². The summed E-state index contributed by atoms with van der Waals surface area (Å²) in [5.74, 6) is 0.450. The van der Waals surface area contributed by atoms with Gasteiger partial charge in [-0.2, -0.15) is 0 Å². The molecule has 1 saturated heterocycles. The molecule has 1 unspecified atom stereocenters. The fourth-order valence-electron chi connectivity index (χ4n) is 4.41. The average Bonchev–Trinajstić information content (AvgIpc) is 3.29. The lowest BCUT2D eigenvalue weighted by molar-refractivity contribution is -0.125. The number of anilines is 1. The third-order valence-electron chi connectivity index (χ3n) is 6.30. The van der Waals surface area contributed by atoms with Gasteiger partial charge in [0.25, 0.3) is 5.56 Å². The van der Waals surface area contributed by atoms with Gasteiger partial charge in [-0.3, -0.25) is 14.6 Å². The number of carbonyl (C=O) groups excluding carboxylic acids is 1. The summed E-state index contributed by atoms with van der Waals surface area (Å²) in [5, 5.41) is 5.08. The van der Waals surface area contributed by atoms with Crippen molar-refractivity contribution < 1.29 is 4.79 Å². The Morgan fingerprint density at radius 3 is 2.79 bits per heavy atom. The van der Waals surface area contributed by atoms with Crippen molar-refractivity contribution in [2.75, 3.05) is 18.0 Å². The molecule has 5 rings (SSSR count). The van der Waals surface area contributed by atoms with E-state index in [0.29, 0.717) is 23.7 Å². The molecule has 0 bridgehead atoms. The van der Waals surface area contributed by atoms with Gasteiger partial charge in [0.1, 0.15) is 4.70 Å². The minimum atomic E-state index is -0.139. The van der Waals surface area contributed by atoms with Crippen LogP contribution in [0.4, 0.5) is 5.95 Å². The molecule has 0 aliphatic carbocycles. The van der Waals surface area contributed by atoms with Crippen LogP contribution >= 0.6 is 11.3 Å². The first kappa shape index (κ1) is 21.4. The second-order valence-electron chi connectivity index (χ2n) is 8.51. The average molecular weight is 459 g/mol. The van der Waals surface area contributed by atoms with Gasteiger partial charge in [-0.15, -0.1) is 11.3 Å². The Balaban J connectivity index is 1.36. The van der Waals surface area contributed by atoms with Crippen LogP contribution in [0.15, 0.2) is 64.8 Å². The van der Waals surface area contributed by atoms with Crippen LogP contribution in [0.25, 0.3) is 21.3 Å². The van der Waals surface area contributed by atoms with Crippen molar-refractivity contribution in [3.63, 3.8) is 0 Å². The number of fused-ring (bicyclic) bond motifs is 1. The van der Waals surface area contributed by atoms with Crippen molar-refractivity contribution in [2.24, 2.45) is 5.92 Å². The van der Waals surface area contributed by atoms with Crippen molar-refractivity contribution in [1.29, 1.82) is 0 Å². The van der Waals surface area contributed by atoms with E-state index in [0.717, 1.165) is 41.6 Å². The number of piperidine rings is 1. The molecular formula is C26H26N4O2S. The molecule has 1 aliphatic rings. The van der Waals surface area contributed by atoms with Crippen molar-refractivity contribution in [3.8, 4) is 11.1 Å². The molecule has 1 aliphatic heterocycles. The Morgan fingerprint density at radius 2 is 1.97 bits per heavy atom. The highest BCUT2D eigenvalue weighted by molar-refractivity contribution is 7.17. The van der Waals surface area contributed by atoms with E-state index in [4.69, 9.17) is 4.98 Å². The molecule has 33 heavy (non-hydrogen) atoms. The first-order valence-corrected chi connectivity index (χ1v) is 12.1. The largest absolute Gasteiger partial charge is 0.352 e. The van der Waals surface area contributed by atoms with Crippen molar-refractivity contribution in [3.05, 3.63) is 81.5 Å². The lowest BCUT2D eigenvalue weighted by Crippen LogP contribution is -2.44. The predicted octanol–water partition coefficient (Wildman–Crippen LogP) is 4.49. The maximum Gasteiger partial charge on any atom is 0.270 e. The molecule has 2 aromatic carbocycles. The molecule has 1 amide bonds. The first-order valence-electron chi connectivity index (χ1n) is 11.2. The molecule has 3 heterocycles. The van der Waals surface area contributed by atoms with E-state index >= 15 is 0 Å². The first-order chi connectivity index (χ1) is 16.1. The van der Waals surface area contributed by atoms with Crippen LogP contribution in [0.5, 0.6) is 0 Å². The summed E-state index contributed by atoms with van der Waals surface area (Å²) >= 11 is 1.41. The topological polar surface area (TPSA) is 78.1 Å². The van der Waals surface area contributed by atoms with E-state index < -0.39 is 0 Å². The molecule has 168 valence electrons. The molecule has 7 heteroatoms. The van der Waals surface area contributed by atoms with Gasteiger partial charge in [0.15, 0.2) is 0 Å². The number of thiophene rings is 1. The number of aromatic amines is 1. The van der Waals surface area contributed by atoms with Crippen molar-refractivity contribution in [2.45, 2.75) is 26.3 Å². The van der Waals surface area contributed by atoms with E-state index in [1.54, 1.807) is 0 Å². The Hall–Kier alpha value is -3.45. The Bertz CT molecular complexity index is 1350. The molecule has 0 saturated carbocycles. The third-order valence-corrected chi connectivity index (χ3v) is 7.27. The van der Waals surface area contributed by atoms with E-state index in [9.17, 15) is 9.59 Å². The van der Waals surface area contributed by atoms with Crippen LogP contribution in [0.3, 0.4) is 0 Å². The van der Waals surface area contributed by atoms with E-state index in [1.807, 2.05) is 58.8 Å². The molecule has 0 radical (unpaired) electrons. The molecular weight excluding hydrogens is 432 g/mol. The number of aromatic nitrogens is 2. The number of aryl methyl sites for hydroxylation is 1. The van der Waals surface area contributed by atoms with Gasteiger partial charge >= 0.3 is 0 Å². The van der Waals surface area contributed by atoms with Crippen molar-refractivity contribution in [1.82, 2.24) is 15.3 Å². The number of H-pyrrole nitrogens is 1. The smallest absolute Gasteiger partial charge is 0.270 e. The van der Waals surface area contributed by atoms with Crippen LogP contribution in [0, 0.1) is 12.8 Å². The Kier molecular flexibility index (Phi) is 5.96. The lowest BCUT2D eigenvalue weighted by atomic mass is 9.97. The second kappa shape index (κ2) is 9.19. The number of hydrogen-bond donors (Lipinski definition) is 2. The van der Waals surface area contributed by atoms with Crippen LogP contribution in [0.1, 0.15) is 24.0 Å². The van der Waals surface area contributed by atoms with Gasteiger partial charge in [0, 0.05) is 30.6 Å². The van der Waals surface area contributed by atoms with Gasteiger partial charge in [0.2, 0.25) is 11.9 Å². The zero-order chi connectivity index (χ0) is 22.8. The summed E-state index contributed by atoms with van der Waals surface area (Å²) in [7, 11) is 0. The third kappa shape index (κ3) is 4.41. The van der Waals surface area contributed by atoms with E-state index in [2.05, 4.69) is 23.3 Å². The summed E-state index contributed by atoms with van der Waals surface area (Å²) < 4.78 is 0.627. The van der Waals surface area contributed by atoms with Crippen LogP contribution in [0.2, 0.25) is 0 Å². The highest BCUT2D eigenvalue weighted by Gasteiger charge is 2.27. The minimum Gasteiger partial charge on any atom is -0.352 e. The molecule has 1 fully saturated rings. The number of carbonyl (C=O) groups is 1. The zero-order valence-corrected chi connectivity index (χ0v) is 19.3. The predicted molar refractivity (Wildman–Crippen MR) is 134 cm³/mol. The number of amides is 1. The summed E-state index contributed by atoms with van der Waals surface area (Å²) in [5.41, 5.74) is 4.89. The zero-order valence-electron chi connectivity index (χ0n) is 18.5. The highest BCUT2D eigenvalue weighted by atomic mass is 32.1. The number of nitrogens with zero attached hydrogens (tertiary/aromatic N) is 2. The van der Waals surface area contributed by atoms with Gasteiger partial charge in [-0.05, 0) is 36.5 Å². The van der Waals surface area contributed by atoms with Gasteiger partial charge in [0.05, 0.1) is 11.4 Å². The molecule has 0 spiro atoms. The fourth-order valence-corrected chi connectivity index (χ4v) is 5.32. The number of nitrogens with one attached hydrogen (secondary N) is 2. The molecule has 6 nitrogen and oxygen atoms in total. The Labute approximate surface area is 196 Å². The summed E-state index contributed by atoms with van der Waals surface area (Å²) in [6.45, 7) is 3.88. The quantitative estimate of drug-likeness (QED) is 0.462. The maximum atomic E-state index is 12.9. The van der Waals surface area contributed by atoms with Crippen molar-refractivity contribution >= 4 is 33.4 Å². The fraction of sp³-hybridized carbons (Fsp3) is 0.269. The summed E-state index contributed by atoms with van der Waals surface area (Å²) in [6.07, 6.45) is 1.70. The molecule has 4 aromatic rings. The maximum absolute atomic E-state index is 12.9. The van der Waals surface area contributed by atoms with E-state index in [-0.39, 0.29) is 17.4 Å². The van der Waals surface area contributed by atoms with Gasteiger partial charge < -0.3 is 10.2 Å². The van der Waals surface area contributed by atoms with Crippen LogP contribution < -0.4 is 15.8 Å². The lowest BCUT2D eigenvalue weighted by Gasteiger charge is -2.32. The number of hydrogen-bond acceptors (Lipinski definition) is 5. The number of benzene rings is 2. The molecule has 2 N–H and O–H groups in total. The normalized spacial score (nSPS) is 16.2. The Morgan fingerprint density at radius 1 is 1.18 bits per heavy atom. The van der Waals surface area contributed by atoms with E-state index in [1.165, 1.54) is 16.9 Å². The molecule has 1 atom stereocenters. The van der Waals surface area contributed by atoms with Crippen LogP contribution in [-0.2, 0) is 11.3 Å². The van der Waals surface area contributed by atoms with Gasteiger partial charge in [-0.25, -0.2) is 4.98 Å².